The maximum absolute atomic E-state index is 9.32. The number of hydrogen-bond acceptors (Lipinski definition) is 6. The lowest BCUT2D eigenvalue weighted by Crippen LogP contribution is -2.35. The van der Waals surface area contributed by atoms with Crippen LogP contribution in [0.1, 0.15) is 62.6 Å². The summed E-state index contributed by atoms with van der Waals surface area (Å²) in [5.41, 5.74) is 5.54. The molecule has 1 aromatic heterocycles. The Kier molecular flexibility index (Phi) is 10.5. The van der Waals surface area contributed by atoms with E-state index in [4.69, 9.17) is 9.26 Å². The molecule has 0 amide bonds. The van der Waals surface area contributed by atoms with Crippen molar-refractivity contribution in [1.29, 1.82) is 5.26 Å². The monoisotopic (exact) mass is 534 g/mol. The van der Waals surface area contributed by atoms with E-state index in [0.29, 0.717) is 0 Å². The zero-order valence-electron chi connectivity index (χ0n) is 21.6. The number of aryl methyl sites for hydroxylation is 1. The van der Waals surface area contributed by atoms with E-state index in [1.807, 2.05) is 0 Å². The zero-order valence-corrected chi connectivity index (χ0v) is 23.3. The largest absolute Gasteiger partial charge is 0.493 e. The Bertz CT molecular complexity index is 1080. The quantitative estimate of drug-likeness (QED) is 0.363. The lowest BCUT2D eigenvalue weighted by atomic mass is 9.90. The number of nitriles is 1. The van der Waals surface area contributed by atoms with Gasteiger partial charge in [-0.25, -0.2) is 0 Å². The lowest BCUT2D eigenvalue weighted by molar-refractivity contribution is 0.190. The van der Waals surface area contributed by atoms with E-state index in [1.165, 1.54) is 31.3 Å². The Labute approximate surface area is 227 Å². The van der Waals surface area contributed by atoms with Gasteiger partial charge in [-0.05, 0) is 115 Å². The second-order valence-corrected chi connectivity index (χ2v) is 10.8. The second-order valence-electron chi connectivity index (χ2n) is 10.8. The molecule has 0 atom stereocenters. The van der Waals surface area contributed by atoms with Gasteiger partial charge in [-0.2, -0.15) is 5.26 Å². The number of benzene rings is 1. The van der Waals surface area contributed by atoms with Gasteiger partial charge in [0, 0.05) is 24.0 Å². The van der Waals surface area contributed by atoms with Crippen molar-refractivity contribution in [3.63, 3.8) is 0 Å². The molecule has 2 aliphatic carbocycles. The van der Waals surface area contributed by atoms with Crippen LogP contribution in [0.4, 0.5) is 0 Å². The highest BCUT2D eigenvalue weighted by molar-refractivity contribution is 5.86. The standard InChI is InChI=1S/C28H38N4O2.2ClH/c1-31(2)18-25-27(33-19-21-6-7-21)11-9-24-26(30-34-28(24)25)10-8-20-12-14-32(15-13-20)17-23-5-3-4-22(23)16-29;;/h9,11,20-21H,3-8,10,12-15,17-19H2,1-2H3;2*1H. The molecule has 1 saturated carbocycles. The Hall–Kier alpha value is -1.78. The molecule has 5 rings (SSSR count). The van der Waals surface area contributed by atoms with Crippen LogP contribution in [0.15, 0.2) is 27.8 Å². The molecule has 198 valence electrons. The van der Waals surface area contributed by atoms with Crippen LogP contribution in [0.2, 0.25) is 0 Å². The highest BCUT2D eigenvalue weighted by Crippen LogP contribution is 2.35. The Morgan fingerprint density at radius 2 is 1.89 bits per heavy atom. The summed E-state index contributed by atoms with van der Waals surface area (Å²) in [6.45, 7) is 4.88. The summed E-state index contributed by atoms with van der Waals surface area (Å²) >= 11 is 0. The predicted octanol–water partition coefficient (Wildman–Crippen LogP) is 6.17. The van der Waals surface area contributed by atoms with Crippen molar-refractivity contribution in [3.8, 4) is 11.8 Å². The smallest absolute Gasteiger partial charge is 0.175 e. The molecule has 8 heteroatoms. The number of fused-ring (bicyclic) bond motifs is 1. The molecule has 2 aromatic rings. The third kappa shape index (κ3) is 6.95. The summed E-state index contributed by atoms with van der Waals surface area (Å²) in [5, 5.41) is 15.0. The van der Waals surface area contributed by atoms with Gasteiger partial charge in [0.25, 0.3) is 0 Å². The first-order valence-electron chi connectivity index (χ1n) is 13.1. The molecule has 36 heavy (non-hydrogen) atoms. The third-order valence-corrected chi connectivity index (χ3v) is 7.80. The highest BCUT2D eigenvalue weighted by Gasteiger charge is 2.25. The maximum Gasteiger partial charge on any atom is 0.175 e. The van der Waals surface area contributed by atoms with E-state index in [1.54, 1.807) is 0 Å². The van der Waals surface area contributed by atoms with Gasteiger partial charge in [0.2, 0.25) is 0 Å². The zero-order chi connectivity index (χ0) is 23.5. The highest BCUT2D eigenvalue weighted by atomic mass is 35.5. The number of ether oxygens (including phenoxy) is 1. The molecule has 2 fully saturated rings. The van der Waals surface area contributed by atoms with E-state index in [-0.39, 0.29) is 24.8 Å². The molecule has 0 N–H and O–H groups in total. The topological polar surface area (TPSA) is 65.5 Å². The van der Waals surface area contributed by atoms with Crippen molar-refractivity contribution in [1.82, 2.24) is 15.0 Å². The van der Waals surface area contributed by atoms with Crippen molar-refractivity contribution >= 4 is 35.8 Å². The number of piperidine rings is 1. The molecular formula is C28H40Cl2N4O2. The molecule has 1 aromatic carbocycles. The van der Waals surface area contributed by atoms with Crippen LogP contribution in [0, 0.1) is 23.2 Å². The summed E-state index contributed by atoms with van der Waals surface area (Å²) in [6.07, 6.45) is 10.4. The Morgan fingerprint density at radius 3 is 2.58 bits per heavy atom. The summed E-state index contributed by atoms with van der Waals surface area (Å²) in [4.78, 5) is 4.71. The van der Waals surface area contributed by atoms with E-state index in [2.05, 4.69) is 47.3 Å². The number of halogens is 2. The van der Waals surface area contributed by atoms with E-state index >= 15 is 0 Å². The Morgan fingerprint density at radius 1 is 1.11 bits per heavy atom. The maximum atomic E-state index is 9.32. The Balaban J connectivity index is 0.00000180. The molecule has 0 bridgehead atoms. The van der Waals surface area contributed by atoms with Gasteiger partial charge in [-0.1, -0.05) is 5.16 Å². The van der Waals surface area contributed by atoms with Crippen LogP contribution in [0.3, 0.4) is 0 Å². The van der Waals surface area contributed by atoms with Gasteiger partial charge in [0.1, 0.15) is 5.75 Å². The number of likely N-dealkylation sites (tertiary alicyclic amines) is 1. The van der Waals surface area contributed by atoms with Crippen LogP contribution in [-0.4, -0.2) is 55.3 Å². The molecule has 0 unspecified atom stereocenters. The minimum absolute atomic E-state index is 0. The molecule has 0 radical (unpaired) electrons. The first-order valence-corrected chi connectivity index (χ1v) is 13.1. The molecule has 1 aliphatic heterocycles. The fourth-order valence-corrected chi connectivity index (χ4v) is 5.52. The first kappa shape index (κ1) is 28.8. The molecular weight excluding hydrogens is 495 g/mol. The van der Waals surface area contributed by atoms with Gasteiger partial charge < -0.3 is 14.2 Å². The third-order valence-electron chi connectivity index (χ3n) is 7.80. The molecule has 2 heterocycles. The minimum atomic E-state index is 0. The second kappa shape index (κ2) is 13.1. The summed E-state index contributed by atoms with van der Waals surface area (Å²) in [5.74, 6) is 2.40. The molecule has 3 aliphatic rings. The van der Waals surface area contributed by atoms with Crippen molar-refractivity contribution < 1.29 is 9.26 Å². The molecule has 6 nitrogen and oxygen atoms in total. The SMILES string of the molecule is CN(C)Cc1c(OCC2CC2)ccc2c(CCC3CCN(CC4=C(C#N)CCC4)CC3)noc12.Cl.Cl. The number of allylic oxidation sites excluding steroid dienone is 1. The summed E-state index contributed by atoms with van der Waals surface area (Å²) in [7, 11) is 4.16. The van der Waals surface area contributed by atoms with E-state index < -0.39 is 0 Å². The van der Waals surface area contributed by atoms with Crippen molar-refractivity contribution in [3.05, 3.63) is 34.5 Å². The summed E-state index contributed by atoms with van der Waals surface area (Å²) < 4.78 is 12.1. The molecule has 1 saturated heterocycles. The van der Waals surface area contributed by atoms with Crippen LogP contribution < -0.4 is 4.74 Å². The first-order chi connectivity index (χ1) is 16.6. The average Bonchev–Trinajstić information content (AvgIpc) is 3.40. The minimum Gasteiger partial charge on any atom is -0.493 e. The normalized spacial score (nSPS) is 18.8. The number of nitrogens with zero attached hydrogens (tertiary/aromatic N) is 4. The predicted molar refractivity (Wildman–Crippen MR) is 148 cm³/mol. The van der Waals surface area contributed by atoms with Crippen LogP contribution in [0.25, 0.3) is 11.0 Å². The number of aromatic nitrogens is 1. The van der Waals surface area contributed by atoms with Gasteiger partial charge in [-0.3, -0.25) is 4.90 Å². The van der Waals surface area contributed by atoms with Crippen LogP contribution in [-0.2, 0) is 13.0 Å². The van der Waals surface area contributed by atoms with Crippen molar-refractivity contribution in [2.24, 2.45) is 11.8 Å². The van der Waals surface area contributed by atoms with Gasteiger partial charge >= 0.3 is 0 Å². The van der Waals surface area contributed by atoms with E-state index in [0.717, 1.165) is 110 Å². The van der Waals surface area contributed by atoms with E-state index in [9.17, 15) is 5.26 Å². The fourth-order valence-electron chi connectivity index (χ4n) is 5.52. The van der Waals surface area contributed by atoms with Crippen LogP contribution in [0.5, 0.6) is 5.75 Å². The number of rotatable bonds is 10. The summed E-state index contributed by atoms with van der Waals surface area (Å²) in [6, 6.07) is 6.69. The average molecular weight is 536 g/mol. The number of hydrogen-bond donors (Lipinski definition) is 0. The molecule has 0 spiro atoms. The van der Waals surface area contributed by atoms with Gasteiger partial charge in [0.05, 0.1) is 23.9 Å². The lowest BCUT2D eigenvalue weighted by Gasteiger charge is -2.32. The van der Waals surface area contributed by atoms with Crippen LogP contribution >= 0.6 is 24.8 Å². The fraction of sp³-hybridized carbons (Fsp3) is 0.643. The van der Waals surface area contributed by atoms with Crippen molar-refractivity contribution in [2.75, 3.05) is 40.3 Å². The van der Waals surface area contributed by atoms with Gasteiger partial charge in [0.15, 0.2) is 5.58 Å². The van der Waals surface area contributed by atoms with Gasteiger partial charge in [-0.15, -0.1) is 24.8 Å². The van der Waals surface area contributed by atoms with Crippen molar-refractivity contribution in [2.45, 2.75) is 64.3 Å².